The lowest BCUT2D eigenvalue weighted by molar-refractivity contribution is -0.118. The molecule has 13 heteroatoms. The molecule has 2 aliphatic heterocycles. The number of anilines is 1. The van der Waals surface area contributed by atoms with E-state index in [0.29, 0.717) is 17.7 Å². The van der Waals surface area contributed by atoms with E-state index in [1.54, 1.807) is 0 Å². The van der Waals surface area contributed by atoms with E-state index in [1.807, 2.05) is 0 Å². The molecule has 4 rings (SSSR count). The molecule has 176 valence electrons. The molecule has 2 aliphatic rings. The molecule has 0 saturated heterocycles. The van der Waals surface area contributed by atoms with Gasteiger partial charge in [0.05, 0.1) is 17.9 Å². The number of halogens is 2. The van der Waals surface area contributed by atoms with Gasteiger partial charge in [0, 0.05) is 38.7 Å². The van der Waals surface area contributed by atoms with Crippen LogP contribution in [-0.4, -0.2) is 51.2 Å². The van der Waals surface area contributed by atoms with Crippen LogP contribution < -0.4 is 10.6 Å². The standard InChI is InChI=1S/C21H19F2N7O4/c1-11(31)25-8-12-9-30-19(20(32)28(2)34-12)14-10-29(6-5-16(14)27-30)21(33)26-17-4-3-15(22)13(7-24)18(17)23/h3-4,8H,5-6,9-10H2,1-2H3,(H,25,31)(H,26,33)/b12-8+. The number of rotatable bonds is 2. The average Bonchev–Trinajstić information content (AvgIpc) is 3.10. The van der Waals surface area contributed by atoms with Gasteiger partial charge in [-0.05, 0) is 12.1 Å². The average molecular weight is 471 g/mol. The number of aromatic nitrogens is 2. The molecule has 0 saturated carbocycles. The zero-order valence-electron chi connectivity index (χ0n) is 18.2. The highest BCUT2D eigenvalue weighted by Gasteiger charge is 2.34. The number of nitrogens with one attached hydrogen (secondary N) is 2. The molecule has 0 fully saturated rings. The largest absolute Gasteiger partial charge is 0.378 e. The van der Waals surface area contributed by atoms with Crippen LogP contribution in [0, 0.1) is 23.0 Å². The summed E-state index contributed by atoms with van der Waals surface area (Å²) in [5, 5.41) is 19.2. The lowest BCUT2D eigenvalue weighted by Crippen LogP contribution is -2.39. The monoisotopic (exact) mass is 471 g/mol. The molecule has 2 aromatic rings. The summed E-state index contributed by atoms with van der Waals surface area (Å²) >= 11 is 0. The first-order valence-electron chi connectivity index (χ1n) is 10.1. The fraction of sp³-hybridized carbons (Fsp3) is 0.286. The van der Waals surface area contributed by atoms with E-state index in [2.05, 4.69) is 15.7 Å². The number of carbonyl (C=O) groups excluding carboxylic acids is 3. The van der Waals surface area contributed by atoms with Gasteiger partial charge in [0.25, 0.3) is 0 Å². The van der Waals surface area contributed by atoms with Crippen molar-refractivity contribution < 1.29 is 28.0 Å². The fourth-order valence-electron chi connectivity index (χ4n) is 3.70. The van der Waals surface area contributed by atoms with Crippen LogP contribution in [0.15, 0.2) is 24.1 Å². The van der Waals surface area contributed by atoms with Gasteiger partial charge in [-0.2, -0.15) is 15.4 Å². The summed E-state index contributed by atoms with van der Waals surface area (Å²) in [4.78, 5) is 43.8. The summed E-state index contributed by atoms with van der Waals surface area (Å²) in [5.41, 5.74) is 0.235. The second-order valence-electron chi connectivity index (χ2n) is 7.63. The molecule has 0 bridgehead atoms. The molecule has 0 unspecified atom stereocenters. The van der Waals surface area contributed by atoms with Crippen LogP contribution in [0.4, 0.5) is 19.3 Å². The Morgan fingerprint density at radius 1 is 1.29 bits per heavy atom. The van der Waals surface area contributed by atoms with Crippen LogP contribution in [0.3, 0.4) is 0 Å². The molecule has 3 heterocycles. The molecule has 4 amide bonds. The van der Waals surface area contributed by atoms with Crippen molar-refractivity contribution in [1.82, 2.24) is 25.1 Å². The molecule has 0 radical (unpaired) electrons. The van der Waals surface area contributed by atoms with Gasteiger partial charge in [0.1, 0.15) is 29.7 Å². The summed E-state index contributed by atoms with van der Waals surface area (Å²) < 4.78 is 29.4. The number of hydrogen-bond donors (Lipinski definition) is 2. The van der Waals surface area contributed by atoms with Crippen molar-refractivity contribution in [3.8, 4) is 6.07 Å². The number of benzene rings is 1. The number of hydrogen-bond acceptors (Lipinski definition) is 6. The Balaban J connectivity index is 1.59. The van der Waals surface area contributed by atoms with Crippen molar-refractivity contribution in [2.24, 2.45) is 0 Å². The van der Waals surface area contributed by atoms with E-state index >= 15 is 0 Å². The maximum absolute atomic E-state index is 14.4. The first kappa shape index (κ1) is 22.7. The van der Waals surface area contributed by atoms with E-state index in [-0.39, 0.29) is 42.7 Å². The molecule has 0 aliphatic carbocycles. The molecular weight excluding hydrogens is 452 g/mol. The second-order valence-corrected chi connectivity index (χ2v) is 7.63. The molecule has 0 atom stereocenters. The highest BCUT2D eigenvalue weighted by Crippen LogP contribution is 2.28. The Morgan fingerprint density at radius 3 is 2.76 bits per heavy atom. The smallest absolute Gasteiger partial charge is 0.322 e. The van der Waals surface area contributed by atoms with E-state index in [4.69, 9.17) is 10.1 Å². The summed E-state index contributed by atoms with van der Waals surface area (Å²) in [6, 6.07) is 2.67. The van der Waals surface area contributed by atoms with Crippen LogP contribution in [0.5, 0.6) is 0 Å². The van der Waals surface area contributed by atoms with Crippen molar-refractivity contribution in [1.29, 1.82) is 5.26 Å². The fourth-order valence-corrected chi connectivity index (χ4v) is 3.70. The van der Waals surface area contributed by atoms with Crippen LogP contribution in [0.2, 0.25) is 0 Å². The Hall–Kier alpha value is -4.47. The van der Waals surface area contributed by atoms with Crippen molar-refractivity contribution in [3.63, 3.8) is 0 Å². The van der Waals surface area contributed by atoms with Gasteiger partial charge in [0.2, 0.25) is 5.91 Å². The summed E-state index contributed by atoms with van der Waals surface area (Å²) in [7, 11) is 1.41. The highest BCUT2D eigenvalue weighted by molar-refractivity contribution is 5.94. The maximum Gasteiger partial charge on any atom is 0.322 e. The van der Waals surface area contributed by atoms with E-state index in [9.17, 15) is 23.2 Å². The molecule has 11 nitrogen and oxygen atoms in total. The predicted molar refractivity (Wildman–Crippen MR) is 112 cm³/mol. The number of nitriles is 1. The number of carbonyl (C=O) groups is 3. The van der Waals surface area contributed by atoms with Crippen molar-refractivity contribution in [2.75, 3.05) is 18.9 Å². The lowest BCUT2D eigenvalue weighted by atomic mass is 10.1. The van der Waals surface area contributed by atoms with Gasteiger partial charge in [-0.15, -0.1) is 0 Å². The van der Waals surface area contributed by atoms with E-state index < -0.39 is 29.1 Å². The quantitative estimate of drug-likeness (QED) is 0.684. The Kier molecular flexibility index (Phi) is 5.89. The first-order valence-corrected chi connectivity index (χ1v) is 10.1. The van der Waals surface area contributed by atoms with Gasteiger partial charge in [0.15, 0.2) is 11.6 Å². The zero-order chi connectivity index (χ0) is 24.6. The lowest BCUT2D eigenvalue weighted by Gasteiger charge is -2.27. The minimum absolute atomic E-state index is 0.00868. The highest BCUT2D eigenvalue weighted by atomic mass is 19.1. The van der Waals surface area contributed by atoms with Crippen molar-refractivity contribution >= 4 is 23.5 Å². The molecule has 1 aromatic carbocycles. The molecule has 2 N–H and O–H groups in total. The Morgan fingerprint density at radius 2 is 2.06 bits per heavy atom. The molecule has 34 heavy (non-hydrogen) atoms. The van der Waals surface area contributed by atoms with Crippen molar-refractivity contribution in [2.45, 2.75) is 26.4 Å². The van der Waals surface area contributed by atoms with Gasteiger partial charge in [-0.1, -0.05) is 0 Å². The number of urea groups is 1. The predicted octanol–water partition coefficient (Wildman–Crippen LogP) is 1.62. The Labute approximate surface area is 192 Å². The number of hydroxylamine groups is 2. The minimum Gasteiger partial charge on any atom is -0.378 e. The number of amides is 4. The minimum atomic E-state index is -1.17. The van der Waals surface area contributed by atoms with E-state index in [1.165, 1.54) is 35.8 Å². The van der Waals surface area contributed by atoms with Gasteiger partial charge in [-0.3, -0.25) is 14.3 Å². The van der Waals surface area contributed by atoms with Gasteiger partial charge in [-0.25, -0.2) is 13.6 Å². The Bertz CT molecular complexity index is 1280. The third-order valence-corrected chi connectivity index (χ3v) is 5.32. The number of fused-ring (bicyclic) bond motifs is 3. The topological polar surface area (TPSA) is 133 Å². The van der Waals surface area contributed by atoms with Crippen LogP contribution in [0.25, 0.3) is 0 Å². The van der Waals surface area contributed by atoms with Crippen LogP contribution in [0.1, 0.15) is 34.2 Å². The normalized spacial score (nSPS) is 16.2. The zero-order valence-corrected chi connectivity index (χ0v) is 18.2. The van der Waals surface area contributed by atoms with Gasteiger partial charge < -0.3 is 20.4 Å². The van der Waals surface area contributed by atoms with Crippen LogP contribution >= 0.6 is 0 Å². The molecule has 0 spiro atoms. The number of allylic oxidation sites excluding steroid dienone is 1. The van der Waals surface area contributed by atoms with Crippen molar-refractivity contribution in [3.05, 3.63) is 58.2 Å². The third kappa shape index (κ3) is 4.13. The summed E-state index contributed by atoms with van der Waals surface area (Å²) in [6.07, 6.45) is 1.68. The van der Waals surface area contributed by atoms with Gasteiger partial charge >= 0.3 is 11.9 Å². The third-order valence-electron chi connectivity index (χ3n) is 5.32. The summed E-state index contributed by atoms with van der Waals surface area (Å²) in [6.45, 7) is 1.65. The maximum atomic E-state index is 14.4. The van der Waals surface area contributed by atoms with E-state index in [0.717, 1.165) is 17.2 Å². The second kappa shape index (κ2) is 8.81. The number of nitrogens with zero attached hydrogens (tertiary/aromatic N) is 5. The first-order chi connectivity index (χ1) is 16.2. The SMILES string of the molecule is CC(=O)N/C=C1\Cn2nc3c(c2C(=O)N(C)O1)CN(C(=O)Nc1ccc(F)c(C#N)c1F)CC3. The summed E-state index contributed by atoms with van der Waals surface area (Å²) in [5.74, 6) is -2.72. The van der Waals surface area contributed by atoms with Crippen LogP contribution in [-0.2, 0) is 29.1 Å². The molecule has 1 aromatic heterocycles. The molecular formula is C21H19F2N7O4.